The van der Waals surface area contributed by atoms with Gasteiger partial charge in [-0.15, -0.1) is 5.10 Å². The zero-order valence-corrected chi connectivity index (χ0v) is 16.5. The summed E-state index contributed by atoms with van der Waals surface area (Å²) in [5.41, 5.74) is 2.55. The molecule has 0 amide bonds. The number of benzene rings is 2. The molecule has 2 aromatic carbocycles. The first-order valence-corrected chi connectivity index (χ1v) is 10.3. The molecule has 146 valence electrons. The monoisotopic (exact) mass is 377 g/mol. The molecule has 2 heterocycles. The third kappa shape index (κ3) is 4.22. The number of tetrazole rings is 1. The third-order valence-corrected chi connectivity index (χ3v) is 5.64. The van der Waals surface area contributed by atoms with Gasteiger partial charge in [0.1, 0.15) is 6.04 Å². The van der Waals surface area contributed by atoms with Crippen molar-refractivity contribution in [3.63, 3.8) is 0 Å². The average Bonchev–Trinajstić information content (AvgIpc) is 3.21. The van der Waals surface area contributed by atoms with Crippen molar-refractivity contribution in [1.29, 1.82) is 0 Å². The fourth-order valence-electron chi connectivity index (χ4n) is 4.17. The summed E-state index contributed by atoms with van der Waals surface area (Å²) in [5.74, 6) is 1.02. The fourth-order valence-corrected chi connectivity index (χ4v) is 4.17. The lowest BCUT2D eigenvalue weighted by molar-refractivity contribution is -0.933. The molecule has 0 saturated carbocycles. The van der Waals surface area contributed by atoms with E-state index in [1.807, 2.05) is 10.7 Å². The molecule has 0 aliphatic carbocycles. The van der Waals surface area contributed by atoms with Crippen LogP contribution in [0, 0.1) is 0 Å². The molecule has 3 aromatic rings. The largest absolute Gasteiger partial charge is 0.360 e. The van der Waals surface area contributed by atoms with E-state index in [-0.39, 0.29) is 0 Å². The van der Waals surface area contributed by atoms with E-state index in [4.69, 9.17) is 0 Å². The first kappa shape index (κ1) is 18.6. The highest BCUT2D eigenvalue weighted by Crippen LogP contribution is 2.16. The lowest BCUT2D eigenvalue weighted by Crippen LogP contribution is -3.15. The van der Waals surface area contributed by atoms with Gasteiger partial charge < -0.3 is 9.80 Å². The van der Waals surface area contributed by atoms with E-state index in [1.54, 1.807) is 4.90 Å². The van der Waals surface area contributed by atoms with E-state index >= 15 is 0 Å². The maximum absolute atomic E-state index is 4.45. The van der Waals surface area contributed by atoms with Gasteiger partial charge in [0.15, 0.2) is 0 Å². The predicted octanol–water partition coefficient (Wildman–Crippen LogP) is 1.97. The number of hydrogen-bond acceptors (Lipinski definition) is 4. The second-order valence-electron chi connectivity index (χ2n) is 7.50. The zero-order valence-electron chi connectivity index (χ0n) is 16.5. The Morgan fingerprint density at radius 1 is 0.964 bits per heavy atom. The Hall–Kier alpha value is -2.73. The van der Waals surface area contributed by atoms with Crippen molar-refractivity contribution < 1.29 is 4.90 Å². The van der Waals surface area contributed by atoms with Crippen molar-refractivity contribution in [2.24, 2.45) is 0 Å². The van der Waals surface area contributed by atoms with Gasteiger partial charge in [0.05, 0.1) is 32.7 Å². The summed E-state index contributed by atoms with van der Waals surface area (Å²) in [6.45, 7) is 7.33. The van der Waals surface area contributed by atoms with Gasteiger partial charge in [-0.1, -0.05) is 61.9 Å². The standard InChI is InChI=1S/C22H28N6/c1-2-9-21(22-23-24-25-28(22)18-19-10-5-3-6-11-19)27-16-14-26(15-17-27)20-12-7-4-8-13-20/h3-8,10-13,21H,2,9,14-18H2,1H3/p+1/t21-/m1/s1. The van der Waals surface area contributed by atoms with Crippen LogP contribution in [0.15, 0.2) is 60.7 Å². The lowest BCUT2D eigenvalue weighted by Gasteiger charge is -2.37. The van der Waals surface area contributed by atoms with Gasteiger partial charge in [-0.25, -0.2) is 4.68 Å². The van der Waals surface area contributed by atoms with E-state index in [0.29, 0.717) is 6.04 Å². The summed E-state index contributed by atoms with van der Waals surface area (Å²) in [7, 11) is 0. The molecule has 1 fully saturated rings. The van der Waals surface area contributed by atoms with E-state index in [1.165, 1.54) is 11.3 Å². The van der Waals surface area contributed by atoms with Crippen LogP contribution in [0.5, 0.6) is 0 Å². The van der Waals surface area contributed by atoms with Crippen molar-refractivity contribution in [3.05, 3.63) is 72.1 Å². The molecule has 1 saturated heterocycles. The molecule has 6 heteroatoms. The van der Waals surface area contributed by atoms with Crippen LogP contribution in [-0.4, -0.2) is 46.4 Å². The van der Waals surface area contributed by atoms with E-state index in [2.05, 4.69) is 81.9 Å². The smallest absolute Gasteiger partial charge is 0.209 e. The summed E-state index contributed by atoms with van der Waals surface area (Å²) < 4.78 is 1.99. The van der Waals surface area contributed by atoms with Gasteiger partial charge in [-0.2, -0.15) is 0 Å². The minimum Gasteiger partial charge on any atom is -0.360 e. The topological polar surface area (TPSA) is 51.3 Å². The Morgan fingerprint density at radius 2 is 1.64 bits per heavy atom. The Labute approximate surface area is 166 Å². The zero-order chi connectivity index (χ0) is 19.2. The van der Waals surface area contributed by atoms with Crippen molar-refractivity contribution in [2.45, 2.75) is 32.4 Å². The molecule has 1 aromatic heterocycles. The number of hydrogen-bond donors (Lipinski definition) is 1. The average molecular weight is 378 g/mol. The lowest BCUT2D eigenvalue weighted by atomic mass is 10.1. The van der Waals surface area contributed by atoms with Gasteiger partial charge >= 0.3 is 0 Å². The number of quaternary nitrogens is 1. The summed E-state index contributed by atoms with van der Waals surface area (Å²) in [6.07, 6.45) is 2.24. The Bertz CT molecular complexity index is 840. The van der Waals surface area contributed by atoms with Gasteiger partial charge in [0.25, 0.3) is 0 Å². The Morgan fingerprint density at radius 3 is 2.32 bits per heavy atom. The molecule has 1 N–H and O–H groups in total. The number of nitrogens with zero attached hydrogens (tertiary/aromatic N) is 5. The summed E-state index contributed by atoms with van der Waals surface area (Å²) in [4.78, 5) is 4.08. The van der Waals surface area contributed by atoms with Crippen molar-refractivity contribution in [2.75, 3.05) is 31.1 Å². The molecule has 0 bridgehead atoms. The molecule has 1 atom stereocenters. The second-order valence-corrected chi connectivity index (χ2v) is 7.50. The number of nitrogens with one attached hydrogen (secondary N) is 1. The van der Waals surface area contributed by atoms with E-state index in [9.17, 15) is 0 Å². The molecule has 0 unspecified atom stereocenters. The number of anilines is 1. The minimum absolute atomic E-state index is 0.349. The van der Waals surface area contributed by atoms with E-state index < -0.39 is 0 Å². The maximum Gasteiger partial charge on any atom is 0.209 e. The highest BCUT2D eigenvalue weighted by atomic mass is 15.6. The van der Waals surface area contributed by atoms with Crippen molar-refractivity contribution in [1.82, 2.24) is 20.2 Å². The Kier molecular flexibility index (Phi) is 5.97. The van der Waals surface area contributed by atoms with Gasteiger partial charge in [-0.3, -0.25) is 0 Å². The highest BCUT2D eigenvalue weighted by Gasteiger charge is 2.32. The van der Waals surface area contributed by atoms with Crippen LogP contribution in [-0.2, 0) is 6.54 Å². The second kappa shape index (κ2) is 8.97. The SMILES string of the molecule is CCC[C@H](c1nnnn1Cc1ccccc1)[NH+]1CCN(c2ccccc2)CC1. The molecule has 1 aliphatic heterocycles. The number of para-hydroxylation sites is 1. The van der Waals surface area contributed by atoms with Crippen LogP contribution >= 0.6 is 0 Å². The first-order chi connectivity index (χ1) is 13.8. The maximum atomic E-state index is 4.45. The van der Waals surface area contributed by atoms with Crippen molar-refractivity contribution in [3.8, 4) is 0 Å². The molecule has 0 radical (unpaired) electrons. The quantitative estimate of drug-likeness (QED) is 0.684. The molecular formula is C22H29N6+. The van der Waals surface area contributed by atoms with Crippen LogP contribution in [0.3, 0.4) is 0 Å². The molecule has 0 spiro atoms. The number of piperazine rings is 1. The molecule has 4 rings (SSSR count). The van der Waals surface area contributed by atoms with E-state index in [0.717, 1.165) is 51.4 Å². The van der Waals surface area contributed by atoms with Gasteiger partial charge in [0, 0.05) is 12.1 Å². The molecular weight excluding hydrogens is 348 g/mol. The Balaban J connectivity index is 1.47. The van der Waals surface area contributed by atoms with Crippen LogP contribution < -0.4 is 9.80 Å². The van der Waals surface area contributed by atoms with Gasteiger partial charge in [-0.05, 0) is 28.1 Å². The highest BCUT2D eigenvalue weighted by molar-refractivity contribution is 5.46. The summed E-state index contributed by atoms with van der Waals surface area (Å²) in [5, 5.41) is 12.8. The van der Waals surface area contributed by atoms with Crippen LogP contribution in [0.25, 0.3) is 0 Å². The van der Waals surface area contributed by atoms with Crippen molar-refractivity contribution >= 4 is 5.69 Å². The third-order valence-electron chi connectivity index (χ3n) is 5.64. The fraction of sp³-hybridized carbons (Fsp3) is 0.409. The van der Waals surface area contributed by atoms with Crippen LogP contribution in [0.2, 0.25) is 0 Å². The first-order valence-electron chi connectivity index (χ1n) is 10.3. The van der Waals surface area contributed by atoms with Crippen LogP contribution in [0.4, 0.5) is 5.69 Å². The summed E-state index contributed by atoms with van der Waals surface area (Å²) in [6, 6.07) is 21.5. The summed E-state index contributed by atoms with van der Waals surface area (Å²) >= 11 is 0. The minimum atomic E-state index is 0.349. The molecule has 1 aliphatic rings. The van der Waals surface area contributed by atoms with Crippen LogP contribution in [0.1, 0.15) is 37.2 Å². The normalized spacial score (nSPS) is 16.2. The molecule has 6 nitrogen and oxygen atoms in total. The molecule has 28 heavy (non-hydrogen) atoms. The van der Waals surface area contributed by atoms with Gasteiger partial charge in [0.2, 0.25) is 5.82 Å². The predicted molar refractivity (Wildman–Crippen MR) is 110 cm³/mol. The number of aromatic nitrogens is 4. The number of rotatable bonds is 7.